The van der Waals surface area contributed by atoms with Crippen molar-refractivity contribution < 1.29 is 0 Å². The number of hydrogen-bond acceptors (Lipinski definition) is 2. The van der Waals surface area contributed by atoms with Gasteiger partial charge in [-0.2, -0.15) is 0 Å². The molecule has 0 aromatic carbocycles. The number of halogens is 1. The predicted molar refractivity (Wildman–Crippen MR) is 43.8 cm³/mol. The zero-order valence-electron chi connectivity index (χ0n) is 5.21. The number of aromatic nitrogens is 1. The molecule has 3 heteroatoms. The maximum atomic E-state index is 4.19. The van der Waals surface area contributed by atoms with Crippen molar-refractivity contribution in [3.8, 4) is 0 Å². The van der Waals surface area contributed by atoms with Gasteiger partial charge >= 0.3 is 0 Å². The van der Waals surface area contributed by atoms with Crippen LogP contribution in [0.1, 0.15) is 5.56 Å². The summed E-state index contributed by atoms with van der Waals surface area (Å²) in [6.07, 6.45) is 6.44. The SMILES string of the molecule is Brc1cncc2c1N=CC2. The van der Waals surface area contributed by atoms with Gasteiger partial charge < -0.3 is 0 Å². The Morgan fingerprint density at radius 3 is 3.10 bits per heavy atom. The van der Waals surface area contributed by atoms with Crippen molar-refractivity contribution in [2.75, 3.05) is 0 Å². The highest BCUT2D eigenvalue weighted by Gasteiger charge is 2.08. The van der Waals surface area contributed by atoms with Crippen LogP contribution in [0.5, 0.6) is 0 Å². The van der Waals surface area contributed by atoms with E-state index in [1.807, 2.05) is 12.4 Å². The Kier molecular flexibility index (Phi) is 1.31. The molecular formula is C7H5BrN2. The lowest BCUT2D eigenvalue weighted by Crippen LogP contribution is -1.80. The van der Waals surface area contributed by atoms with Gasteiger partial charge in [-0.1, -0.05) is 0 Å². The fourth-order valence-corrected chi connectivity index (χ4v) is 1.47. The number of fused-ring (bicyclic) bond motifs is 1. The topological polar surface area (TPSA) is 25.2 Å². The third kappa shape index (κ3) is 0.778. The number of nitrogens with zero attached hydrogens (tertiary/aromatic N) is 2. The highest BCUT2D eigenvalue weighted by Crippen LogP contribution is 2.30. The normalized spacial score (nSPS) is 13.7. The molecule has 0 spiro atoms. The van der Waals surface area contributed by atoms with Crippen LogP contribution in [-0.4, -0.2) is 11.2 Å². The van der Waals surface area contributed by atoms with Gasteiger partial charge in [-0.15, -0.1) is 0 Å². The molecule has 2 rings (SSSR count). The first kappa shape index (κ1) is 6.04. The maximum absolute atomic E-state index is 4.19. The van der Waals surface area contributed by atoms with E-state index in [-0.39, 0.29) is 0 Å². The molecule has 0 amide bonds. The molecule has 50 valence electrons. The quantitative estimate of drug-likeness (QED) is 0.625. The van der Waals surface area contributed by atoms with Crippen molar-refractivity contribution in [3.63, 3.8) is 0 Å². The van der Waals surface area contributed by atoms with Gasteiger partial charge in [0.1, 0.15) is 0 Å². The second-order valence-corrected chi connectivity index (χ2v) is 3.00. The van der Waals surface area contributed by atoms with Crippen LogP contribution >= 0.6 is 15.9 Å². The zero-order chi connectivity index (χ0) is 6.97. The Morgan fingerprint density at radius 1 is 1.40 bits per heavy atom. The summed E-state index contributed by atoms with van der Waals surface area (Å²) in [6.45, 7) is 0. The van der Waals surface area contributed by atoms with Gasteiger partial charge in [-0.25, -0.2) is 0 Å². The van der Waals surface area contributed by atoms with E-state index in [1.54, 1.807) is 6.20 Å². The maximum Gasteiger partial charge on any atom is 0.0834 e. The summed E-state index contributed by atoms with van der Waals surface area (Å²) in [5.41, 5.74) is 2.24. The molecule has 1 aromatic rings. The molecule has 0 radical (unpaired) electrons. The van der Waals surface area contributed by atoms with Crippen LogP contribution in [0.3, 0.4) is 0 Å². The average molecular weight is 197 g/mol. The van der Waals surface area contributed by atoms with E-state index < -0.39 is 0 Å². The van der Waals surface area contributed by atoms with Crippen molar-refractivity contribution in [1.29, 1.82) is 0 Å². The monoisotopic (exact) mass is 196 g/mol. The predicted octanol–water partition coefficient (Wildman–Crippen LogP) is 2.10. The Morgan fingerprint density at radius 2 is 2.30 bits per heavy atom. The van der Waals surface area contributed by atoms with Crippen molar-refractivity contribution in [3.05, 3.63) is 22.4 Å². The molecule has 1 aliphatic heterocycles. The van der Waals surface area contributed by atoms with Gasteiger partial charge in [0.15, 0.2) is 0 Å². The van der Waals surface area contributed by atoms with Crippen LogP contribution in [0.2, 0.25) is 0 Å². The van der Waals surface area contributed by atoms with Crippen LogP contribution < -0.4 is 0 Å². The van der Waals surface area contributed by atoms with Crippen LogP contribution in [0, 0.1) is 0 Å². The van der Waals surface area contributed by atoms with Crippen molar-refractivity contribution in [2.45, 2.75) is 6.42 Å². The lowest BCUT2D eigenvalue weighted by Gasteiger charge is -1.96. The van der Waals surface area contributed by atoms with Gasteiger partial charge in [0.25, 0.3) is 0 Å². The molecule has 0 N–H and O–H groups in total. The van der Waals surface area contributed by atoms with Crippen molar-refractivity contribution in [2.24, 2.45) is 4.99 Å². The first-order valence-electron chi connectivity index (χ1n) is 3.03. The molecule has 0 unspecified atom stereocenters. The summed E-state index contributed by atoms with van der Waals surface area (Å²) in [5, 5.41) is 0. The summed E-state index contributed by atoms with van der Waals surface area (Å²) in [4.78, 5) is 8.22. The summed E-state index contributed by atoms with van der Waals surface area (Å²) < 4.78 is 0.985. The minimum Gasteiger partial charge on any atom is -0.263 e. The first-order chi connectivity index (χ1) is 4.88. The van der Waals surface area contributed by atoms with E-state index in [0.717, 1.165) is 16.6 Å². The Labute approximate surface area is 67.1 Å². The Hall–Kier alpha value is -0.700. The van der Waals surface area contributed by atoms with Crippen LogP contribution in [-0.2, 0) is 6.42 Å². The molecule has 1 aliphatic rings. The van der Waals surface area contributed by atoms with E-state index in [9.17, 15) is 0 Å². The van der Waals surface area contributed by atoms with Gasteiger partial charge in [0.2, 0.25) is 0 Å². The fourth-order valence-electron chi connectivity index (χ4n) is 0.998. The minimum absolute atomic E-state index is 0.918. The smallest absolute Gasteiger partial charge is 0.0834 e. The second-order valence-electron chi connectivity index (χ2n) is 2.14. The standard InChI is InChI=1S/C7H5BrN2/c8-6-4-9-3-5-1-2-10-7(5)6/h2-4H,1H2. The first-order valence-corrected chi connectivity index (χ1v) is 3.82. The third-order valence-electron chi connectivity index (χ3n) is 1.48. The molecule has 2 heterocycles. The fraction of sp³-hybridized carbons (Fsp3) is 0.143. The largest absolute Gasteiger partial charge is 0.263 e. The van der Waals surface area contributed by atoms with Gasteiger partial charge in [-0.05, 0) is 15.9 Å². The van der Waals surface area contributed by atoms with Crippen molar-refractivity contribution in [1.82, 2.24) is 4.98 Å². The van der Waals surface area contributed by atoms with Gasteiger partial charge in [0, 0.05) is 30.6 Å². The highest BCUT2D eigenvalue weighted by molar-refractivity contribution is 9.10. The number of pyridine rings is 1. The molecule has 0 atom stereocenters. The average Bonchev–Trinajstić information content (AvgIpc) is 2.36. The second kappa shape index (κ2) is 2.16. The van der Waals surface area contributed by atoms with Gasteiger partial charge in [0.05, 0.1) is 10.2 Å². The summed E-state index contributed by atoms with van der Waals surface area (Å²) in [6, 6.07) is 0. The molecular weight excluding hydrogens is 192 g/mol. The molecule has 0 saturated heterocycles. The molecule has 2 nitrogen and oxygen atoms in total. The molecule has 0 fully saturated rings. The van der Waals surface area contributed by atoms with Crippen LogP contribution in [0.4, 0.5) is 5.69 Å². The summed E-state index contributed by atoms with van der Waals surface area (Å²) >= 11 is 3.37. The lowest BCUT2D eigenvalue weighted by molar-refractivity contribution is 1.24. The Bertz CT molecular complexity index is 294. The van der Waals surface area contributed by atoms with Gasteiger partial charge in [-0.3, -0.25) is 9.98 Å². The van der Waals surface area contributed by atoms with E-state index in [2.05, 4.69) is 25.9 Å². The minimum atomic E-state index is 0.918. The van der Waals surface area contributed by atoms with Crippen LogP contribution in [0.25, 0.3) is 0 Å². The van der Waals surface area contributed by atoms with E-state index in [1.165, 1.54) is 5.56 Å². The highest BCUT2D eigenvalue weighted by atomic mass is 79.9. The number of aliphatic imine (C=N–C) groups is 1. The summed E-state index contributed by atoms with van der Waals surface area (Å²) in [5.74, 6) is 0. The Balaban J connectivity index is 2.67. The number of hydrogen-bond donors (Lipinski definition) is 0. The molecule has 1 aromatic heterocycles. The summed E-state index contributed by atoms with van der Waals surface area (Å²) in [7, 11) is 0. The van der Waals surface area contributed by atoms with E-state index in [4.69, 9.17) is 0 Å². The lowest BCUT2D eigenvalue weighted by atomic mass is 10.2. The van der Waals surface area contributed by atoms with Crippen LogP contribution in [0.15, 0.2) is 21.9 Å². The van der Waals surface area contributed by atoms with E-state index >= 15 is 0 Å². The third-order valence-corrected chi connectivity index (χ3v) is 2.06. The molecule has 0 aliphatic carbocycles. The molecule has 0 saturated carbocycles. The number of rotatable bonds is 0. The molecule has 0 bridgehead atoms. The van der Waals surface area contributed by atoms with E-state index in [0.29, 0.717) is 0 Å². The molecule has 10 heavy (non-hydrogen) atoms. The zero-order valence-corrected chi connectivity index (χ0v) is 6.80. The van der Waals surface area contributed by atoms with Crippen molar-refractivity contribution >= 4 is 27.8 Å².